The van der Waals surface area contributed by atoms with Crippen molar-refractivity contribution in [2.75, 3.05) is 13.2 Å². The number of nitriles is 1. The van der Waals surface area contributed by atoms with Crippen LogP contribution in [0.25, 0.3) is 11.7 Å². The van der Waals surface area contributed by atoms with Crippen LogP contribution in [0.15, 0.2) is 59.0 Å². The maximum absolute atomic E-state index is 13.2. The Labute approximate surface area is 184 Å². The lowest BCUT2D eigenvalue weighted by Gasteiger charge is -2.12. The summed E-state index contributed by atoms with van der Waals surface area (Å²) in [5, 5.41) is 12.3. The molecule has 0 spiro atoms. The first-order valence-corrected chi connectivity index (χ1v) is 10.3. The maximum Gasteiger partial charge on any atom is 0.269 e. The van der Waals surface area contributed by atoms with Gasteiger partial charge in [-0.05, 0) is 50.1 Å². The van der Waals surface area contributed by atoms with E-state index in [0.717, 1.165) is 18.4 Å². The first-order valence-electron chi connectivity index (χ1n) is 10.3. The summed E-state index contributed by atoms with van der Waals surface area (Å²) in [6, 6.07) is 14.3. The predicted octanol–water partition coefficient (Wildman–Crippen LogP) is 3.00. The Balaban J connectivity index is 1.72. The zero-order chi connectivity index (χ0) is 22.5. The van der Waals surface area contributed by atoms with Gasteiger partial charge in [0.25, 0.3) is 11.5 Å². The second-order valence-electron chi connectivity index (χ2n) is 7.49. The third-order valence-corrected chi connectivity index (χ3v) is 5.14. The lowest BCUT2D eigenvalue weighted by atomic mass is 10.1. The molecule has 1 aliphatic rings. The minimum absolute atomic E-state index is 0.0121. The minimum Gasteiger partial charge on any atom is -0.438 e. The van der Waals surface area contributed by atoms with Gasteiger partial charge in [-0.15, -0.1) is 0 Å². The summed E-state index contributed by atoms with van der Waals surface area (Å²) in [5.74, 6) is -0.0784. The highest BCUT2D eigenvalue weighted by molar-refractivity contribution is 6.01. The summed E-state index contributed by atoms with van der Waals surface area (Å²) >= 11 is 0. The van der Waals surface area contributed by atoms with Crippen LogP contribution in [0.1, 0.15) is 24.0 Å². The van der Waals surface area contributed by atoms with Gasteiger partial charge < -0.3 is 14.8 Å². The van der Waals surface area contributed by atoms with E-state index in [0.29, 0.717) is 24.5 Å². The molecule has 0 unspecified atom stereocenters. The van der Waals surface area contributed by atoms with E-state index in [9.17, 15) is 14.9 Å². The highest BCUT2D eigenvalue weighted by Gasteiger charge is 2.20. The van der Waals surface area contributed by atoms with Crippen LogP contribution < -0.4 is 15.6 Å². The molecule has 0 aliphatic carbocycles. The second kappa shape index (κ2) is 9.45. The Morgan fingerprint density at radius 3 is 2.88 bits per heavy atom. The van der Waals surface area contributed by atoms with Gasteiger partial charge in [0, 0.05) is 19.3 Å². The summed E-state index contributed by atoms with van der Waals surface area (Å²) in [6.45, 7) is 2.92. The molecule has 32 heavy (non-hydrogen) atoms. The van der Waals surface area contributed by atoms with Gasteiger partial charge in [-0.25, -0.2) is 0 Å². The zero-order valence-electron chi connectivity index (χ0n) is 17.6. The van der Waals surface area contributed by atoms with Crippen LogP contribution in [-0.4, -0.2) is 34.5 Å². The van der Waals surface area contributed by atoms with E-state index in [1.165, 1.54) is 10.5 Å². The van der Waals surface area contributed by atoms with Crippen molar-refractivity contribution in [3.8, 4) is 17.7 Å². The summed E-state index contributed by atoms with van der Waals surface area (Å²) in [4.78, 5) is 30.2. The van der Waals surface area contributed by atoms with Gasteiger partial charge in [-0.2, -0.15) is 10.2 Å². The molecule has 1 aromatic carbocycles. The van der Waals surface area contributed by atoms with Gasteiger partial charge in [-0.3, -0.25) is 14.0 Å². The number of nitrogens with zero attached hydrogens (tertiary/aromatic N) is 3. The maximum atomic E-state index is 13.2. The molecule has 1 fully saturated rings. The normalized spacial score (nSPS) is 16.0. The molecule has 4 rings (SSSR count). The molecular weight excluding hydrogens is 408 g/mol. The predicted molar refractivity (Wildman–Crippen MR) is 118 cm³/mol. The number of hydrogen-bond donors (Lipinski definition) is 1. The number of aromatic nitrogens is 2. The topological polar surface area (TPSA) is 106 Å². The number of benzene rings is 1. The van der Waals surface area contributed by atoms with Gasteiger partial charge >= 0.3 is 0 Å². The smallest absolute Gasteiger partial charge is 0.269 e. The molecule has 1 atom stereocenters. The molecule has 3 aromatic rings. The molecule has 0 bridgehead atoms. The Hall–Kier alpha value is -3.96. The number of ether oxygens (including phenoxy) is 2. The lowest BCUT2D eigenvalue weighted by Crippen LogP contribution is -2.32. The fourth-order valence-corrected chi connectivity index (χ4v) is 3.40. The monoisotopic (exact) mass is 430 g/mol. The number of fused-ring (bicyclic) bond motifs is 1. The van der Waals surface area contributed by atoms with Crippen LogP contribution in [0.4, 0.5) is 0 Å². The van der Waals surface area contributed by atoms with Gasteiger partial charge in [0.1, 0.15) is 28.6 Å². The number of nitrogens with one attached hydrogen (secondary N) is 1. The SMILES string of the molecule is Cc1ccc(Oc2nc3ccccn3c(=O)c2/C=C(\C#N)C(=O)NC[C@H]2CCCO2)cc1. The van der Waals surface area contributed by atoms with E-state index >= 15 is 0 Å². The van der Waals surface area contributed by atoms with Crippen molar-refractivity contribution >= 4 is 17.6 Å². The number of amides is 1. The molecular formula is C24H22N4O4. The van der Waals surface area contributed by atoms with Crippen molar-refractivity contribution in [3.05, 3.63) is 75.7 Å². The molecule has 1 N–H and O–H groups in total. The van der Waals surface area contributed by atoms with Crippen molar-refractivity contribution in [1.29, 1.82) is 5.26 Å². The van der Waals surface area contributed by atoms with Crippen molar-refractivity contribution in [2.24, 2.45) is 0 Å². The van der Waals surface area contributed by atoms with Gasteiger partial charge in [0.2, 0.25) is 5.88 Å². The van der Waals surface area contributed by atoms with E-state index in [-0.39, 0.29) is 23.1 Å². The second-order valence-corrected chi connectivity index (χ2v) is 7.49. The molecule has 0 saturated carbocycles. The molecule has 3 heterocycles. The third-order valence-electron chi connectivity index (χ3n) is 5.14. The molecule has 8 nitrogen and oxygen atoms in total. The van der Waals surface area contributed by atoms with Gasteiger partial charge in [-0.1, -0.05) is 23.8 Å². The summed E-state index contributed by atoms with van der Waals surface area (Å²) < 4.78 is 12.7. The van der Waals surface area contributed by atoms with Crippen molar-refractivity contribution in [2.45, 2.75) is 25.9 Å². The number of rotatable bonds is 6. The Kier molecular flexibility index (Phi) is 6.29. The van der Waals surface area contributed by atoms with Crippen molar-refractivity contribution in [3.63, 3.8) is 0 Å². The fourth-order valence-electron chi connectivity index (χ4n) is 3.40. The number of pyridine rings is 1. The molecule has 162 valence electrons. The van der Waals surface area contributed by atoms with Crippen LogP contribution in [-0.2, 0) is 9.53 Å². The van der Waals surface area contributed by atoms with E-state index in [4.69, 9.17) is 9.47 Å². The van der Waals surface area contributed by atoms with Gasteiger partial charge in [0.15, 0.2) is 0 Å². The summed E-state index contributed by atoms with van der Waals surface area (Å²) in [6.07, 6.45) is 4.54. The highest BCUT2D eigenvalue weighted by atomic mass is 16.5. The first-order chi connectivity index (χ1) is 15.5. The minimum atomic E-state index is -0.582. The standard InChI is InChI=1S/C24H22N4O4/c1-16-7-9-18(10-8-16)32-23-20(24(30)28-11-3-2-6-21(28)27-23)13-17(14-25)22(29)26-15-19-5-4-12-31-19/h2-3,6-11,13,19H,4-5,12,15H2,1H3,(H,26,29)/b17-13+/t19-/m1/s1. The van der Waals surface area contributed by atoms with E-state index in [1.54, 1.807) is 36.5 Å². The first kappa shape index (κ1) is 21.3. The molecule has 1 amide bonds. The molecule has 8 heteroatoms. The molecule has 1 aliphatic heterocycles. The number of aryl methyl sites for hydroxylation is 1. The number of carbonyl (C=O) groups excluding carboxylic acids is 1. The van der Waals surface area contributed by atoms with E-state index in [2.05, 4.69) is 10.3 Å². The zero-order valence-corrected chi connectivity index (χ0v) is 17.6. The average molecular weight is 430 g/mol. The molecule has 0 radical (unpaired) electrons. The Morgan fingerprint density at radius 2 is 2.16 bits per heavy atom. The third kappa shape index (κ3) is 4.68. The molecule has 2 aromatic heterocycles. The van der Waals surface area contributed by atoms with E-state index < -0.39 is 11.5 Å². The van der Waals surface area contributed by atoms with Crippen molar-refractivity contribution in [1.82, 2.24) is 14.7 Å². The Morgan fingerprint density at radius 1 is 1.34 bits per heavy atom. The van der Waals surface area contributed by atoms with Crippen LogP contribution in [0.2, 0.25) is 0 Å². The Bertz CT molecular complexity index is 1270. The van der Waals surface area contributed by atoms with Crippen LogP contribution >= 0.6 is 0 Å². The van der Waals surface area contributed by atoms with E-state index in [1.807, 2.05) is 25.1 Å². The number of carbonyl (C=O) groups is 1. The van der Waals surface area contributed by atoms with Crippen LogP contribution in [0, 0.1) is 18.3 Å². The average Bonchev–Trinajstić information content (AvgIpc) is 3.33. The van der Waals surface area contributed by atoms with Crippen molar-refractivity contribution < 1.29 is 14.3 Å². The highest BCUT2D eigenvalue weighted by Crippen LogP contribution is 2.24. The fraction of sp³-hybridized carbons (Fsp3) is 0.250. The van der Waals surface area contributed by atoms with Crippen LogP contribution in [0.3, 0.4) is 0 Å². The molecule has 1 saturated heterocycles. The summed E-state index contributed by atoms with van der Waals surface area (Å²) in [5.41, 5.74) is 0.791. The largest absolute Gasteiger partial charge is 0.438 e. The van der Waals surface area contributed by atoms with Crippen LogP contribution in [0.5, 0.6) is 11.6 Å². The number of hydrogen-bond acceptors (Lipinski definition) is 6. The van der Waals surface area contributed by atoms with Gasteiger partial charge in [0.05, 0.1) is 6.10 Å². The quantitative estimate of drug-likeness (QED) is 0.476. The lowest BCUT2D eigenvalue weighted by molar-refractivity contribution is -0.117. The summed E-state index contributed by atoms with van der Waals surface area (Å²) in [7, 11) is 0.